The minimum Gasteiger partial charge on any atom is -1.00 e. The van der Waals surface area contributed by atoms with Crippen molar-refractivity contribution in [2.75, 3.05) is 13.2 Å². The largest absolute Gasteiger partial charge is 1.00 e. The summed E-state index contributed by atoms with van der Waals surface area (Å²) in [6.45, 7) is 6.57. The first-order valence-corrected chi connectivity index (χ1v) is 14.3. The molecule has 0 aliphatic heterocycles. The summed E-state index contributed by atoms with van der Waals surface area (Å²) in [6, 6.07) is 0. The van der Waals surface area contributed by atoms with Crippen LogP contribution >= 0.6 is 7.82 Å². The fourth-order valence-corrected chi connectivity index (χ4v) is 3.49. The van der Waals surface area contributed by atoms with Crippen LogP contribution in [0.15, 0.2) is 0 Å². The summed E-state index contributed by atoms with van der Waals surface area (Å²) in [5, 5.41) is 0. The number of hydrogen-bond acceptors (Lipinski definition) is 2. The molecule has 8 heteroatoms. The molecule has 0 saturated carbocycles. The molecule has 0 aromatic carbocycles. The predicted molar refractivity (Wildman–Crippen MR) is 131 cm³/mol. The topological polar surface area (TPSA) is 87.0 Å². The molecular weight excluding hydrogens is 445 g/mol. The minimum atomic E-state index is -4.64. The zero-order valence-corrected chi connectivity index (χ0v) is 27.1. The molecule has 0 amide bonds. The van der Waals surface area contributed by atoms with Gasteiger partial charge in [-0.05, 0) is 12.8 Å². The molecule has 0 heterocycles. The van der Waals surface area contributed by atoms with Gasteiger partial charge in [-0.3, -0.25) is 0 Å². The van der Waals surface area contributed by atoms with Crippen LogP contribution in [-0.2, 0) is 9.30 Å². The molecular formula is C24H55Na2O5P. The van der Waals surface area contributed by atoms with E-state index in [9.17, 15) is 0 Å². The molecule has 188 valence electrons. The summed E-state index contributed by atoms with van der Waals surface area (Å²) >= 11 is 0. The fraction of sp³-hybridized carbons (Fsp3) is 1.00. The van der Waals surface area contributed by atoms with E-state index in [2.05, 4.69) is 13.8 Å². The summed E-state index contributed by atoms with van der Waals surface area (Å²) < 4.78 is 14.7. The molecule has 5 nitrogen and oxygen atoms in total. The average Bonchev–Trinajstić information content (AvgIpc) is 2.68. The molecule has 3 N–H and O–H groups in total. The van der Waals surface area contributed by atoms with Crippen LogP contribution in [0.5, 0.6) is 0 Å². The van der Waals surface area contributed by atoms with E-state index in [4.69, 9.17) is 24.0 Å². The average molecular weight is 501 g/mol. The van der Waals surface area contributed by atoms with Gasteiger partial charge in [-0.25, -0.2) is 4.57 Å². The summed E-state index contributed by atoms with van der Waals surface area (Å²) in [4.78, 5) is 21.6. The van der Waals surface area contributed by atoms with Gasteiger partial charge >= 0.3 is 66.9 Å². The van der Waals surface area contributed by atoms with Gasteiger partial charge in [0.1, 0.15) is 0 Å². The fourth-order valence-electron chi connectivity index (χ4n) is 3.49. The molecule has 0 aromatic rings. The molecule has 0 bridgehead atoms. The zero-order chi connectivity index (χ0) is 22.8. The third kappa shape index (κ3) is 53.4. The number of ether oxygens (including phenoxy) is 1. The molecule has 0 radical (unpaired) electrons. The smallest absolute Gasteiger partial charge is 1.00 e. The van der Waals surface area contributed by atoms with E-state index in [0.29, 0.717) is 0 Å². The quantitative estimate of drug-likeness (QED) is 0.121. The van der Waals surface area contributed by atoms with Gasteiger partial charge in [0.2, 0.25) is 0 Å². The Labute approximate surface area is 247 Å². The molecule has 0 aliphatic carbocycles. The molecule has 0 aromatic heterocycles. The Bertz CT molecular complexity index is 338. The van der Waals surface area contributed by atoms with Crippen LogP contribution in [0.3, 0.4) is 0 Å². The van der Waals surface area contributed by atoms with Crippen molar-refractivity contribution in [2.24, 2.45) is 0 Å². The molecule has 0 aliphatic rings. The third-order valence-corrected chi connectivity index (χ3v) is 5.28. The summed E-state index contributed by atoms with van der Waals surface area (Å²) in [5.41, 5.74) is 0. The van der Waals surface area contributed by atoms with Crippen molar-refractivity contribution in [3.8, 4) is 0 Å². The summed E-state index contributed by atoms with van der Waals surface area (Å²) in [6.07, 6.45) is 28.2. The Balaban J connectivity index is -0.000000196. The first-order chi connectivity index (χ1) is 14.4. The Morgan fingerprint density at radius 1 is 0.500 bits per heavy atom. The van der Waals surface area contributed by atoms with E-state index in [1.807, 2.05) is 0 Å². The molecule has 0 spiro atoms. The van der Waals surface area contributed by atoms with Crippen molar-refractivity contribution < 1.29 is 85.9 Å². The second-order valence-electron chi connectivity index (χ2n) is 8.49. The molecule has 0 rings (SSSR count). The second kappa shape index (κ2) is 35.2. The molecule has 32 heavy (non-hydrogen) atoms. The maximum atomic E-state index is 8.88. The molecule has 0 fully saturated rings. The third-order valence-electron chi connectivity index (χ3n) is 5.28. The van der Waals surface area contributed by atoms with E-state index >= 15 is 0 Å². The second-order valence-corrected chi connectivity index (χ2v) is 9.52. The normalized spacial score (nSPS) is 10.7. The van der Waals surface area contributed by atoms with Gasteiger partial charge in [-0.2, -0.15) is 0 Å². The van der Waals surface area contributed by atoms with Gasteiger partial charge in [0.25, 0.3) is 0 Å². The van der Waals surface area contributed by atoms with E-state index in [1.54, 1.807) is 0 Å². The summed E-state index contributed by atoms with van der Waals surface area (Å²) in [7, 11) is -4.64. The van der Waals surface area contributed by atoms with Crippen molar-refractivity contribution in [3.63, 3.8) is 0 Å². The Hall–Kier alpha value is 2.07. The monoisotopic (exact) mass is 500 g/mol. The van der Waals surface area contributed by atoms with Crippen molar-refractivity contribution in [2.45, 2.75) is 142 Å². The van der Waals surface area contributed by atoms with E-state index in [-0.39, 0.29) is 62.0 Å². The van der Waals surface area contributed by atoms with Gasteiger partial charge in [0.05, 0.1) is 0 Å². The van der Waals surface area contributed by atoms with Gasteiger partial charge in [0, 0.05) is 13.2 Å². The van der Waals surface area contributed by atoms with Gasteiger partial charge in [-0.15, -0.1) is 0 Å². The van der Waals surface area contributed by atoms with Crippen molar-refractivity contribution in [1.82, 2.24) is 0 Å². The minimum absolute atomic E-state index is 0. The van der Waals surface area contributed by atoms with E-state index in [1.165, 1.54) is 128 Å². The molecule has 0 atom stereocenters. The maximum Gasteiger partial charge on any atom is 1.00 e. The number of hydrogen-bond donors (Lipinski definition) is 3. The van der Waals surface area contributed by atoms with Gasteiger partial charge in [0.15, 0.2) is 0 Å². The van der Waals surface area contributed by atoms with Crippen LogP contribution in [0, 0.1) is 0 Å². The van der Waals surface area contributed by atoms with Crippen molar-refractivity contribution >= 4 is 7.82 Å². The van der Waals surface area contributed by atoms with Crippen LogP contribution in [0.2, 0.25) is 0 Å². The van der Waals surface area contributed by atoms with E-state index < -0.39 is 7.82 Å². The first kappa shape index (κ1) is 41.2. The Morgan fingerprint density at radius 2 is 0.688 bits per heavy atom. The van der Waals surface area contributed by atoms with Crippen LogP contribution in [0.1, 0.15) is 145 Å². The van der Waals surface area contributed by atoms with Gasteiger partial charge in [-0.1, -0.05) is 129 Å². The van der Waals surface area contributed by atoms with Crippen molar-refractivity contribution in [3.05, 3.63) is 0 Å². The predicted octanol–water partition coefficient (Wildman–Crippen LogP) is 2.15. The van der Waals surface area contributed by atoms with E-state index in [0.717, 1.165) is 13.2 Å². The van der Waals surface area contributed by atoms with Crippen LogP contribution < -0.4 is 59.1 Å². The molecule has 0 saturated heterocycles. The van der Waals surface area contributed by atoms with Gasteiger partial charge < -0.3 is 22.3 Å². The van der Waals surface area contributed by atoms with Crippen LogP contribution in [-0.4, -0.2) is 27.9 Å². The number of unbranched alkanes of at least 4 members (excludes halogenated alkanes) is 18. The number of rotatable bonds is 22. The number of phosphoric acid groups is 1. The SMILES string of the molecule is CCCCCCCCCCCCOCCCCCCCCCCCC.O=P(O)(O)O.[H-].[H-].[Na+].[Na+]. The summed E-state index contributed by atoms with van der Waals surface area (Å²) in [5.74, 6) is 0. The Kier molecular flexibility index (Phi) is 45.4. The standard InChI is InChI=1S/C24H50O.2Na.H3O4P.2H/c1-3-5-7-9-11-13-15-17-19-21-23-25-24-22-20-18-16-14-12-10-8-6-4-2;;;1-5(2,3)4;;/h3-24H2,1-2H3;;;(H3,1,2,3,4);;/q;2*+1;;2*-1. The zero-order valence-electron chi connectivity index (χ0n) is 24.2. The Morgan fingerprint density at radius 3 is 0.906 bits per heavy atom. The van der Waals surface area contributed by atoms with Crippen LogP contribution in [0.4, 0.5) is 0 Å². The van der Waals surface area contributed by atoms with Crippen molar-refractivity contribution in [1.29, 1.82) is 0 Å². The maximum absolute atomic E-state index is 8.88. The van der Waals surface area contributed by atoms with Crippen LogP contribution in [0.25, 0.3) is 0 Å². The first-order valence-electron chi connectivity index (χ1n) is 12.8. The molecule has 0 unspecified atom stereocenters.